The third-order valence-corrected chi connectivity index (χ3v) is 1.72. The van der Waals surface area contributed by atoms with Gasteiger partial charge in [-0.15, -0.1) is 12.4 Å². The monoisotopic (exact) mass is 231 g/mol. The molecule has 0 radical (unpaired) electrons. The number of carboxylic acid groups (broad SMARTS) is 1. The molecule has 1 aromatic rings. The van der Waals surface area contributed by atoms with E-state index in [0.29, 0.717) is 6.29 Å². The number of carbonyl (C=O) groups is 2. The molecule has 0 bridgehead atoms. The van der Waals surface area contributed by atoms with Crippen molar-refractivity contribution >= 4 is 30.3 Å². The van der Waals surface area contributed by atoms with Crippen LogP contribution in [0.1, 0.15) is 15.9 Å². The lowest BCUT2D eigenvalue weighted by atomic mass is 10.1. The molecular formula is C9H10ClNO4. The van der Waals surface area contributed by atoms with Gasteiger partial charge in [0.05, 0.1) is 12.1 Å². The molecule has 0 amide bonds. The molecule has 0 aliphatic rings. The molecule has 4 N–H and O–H groups in total. The van der Waals surface area contributed by atoms with Gasteiger partial charge in [0.15, 0.2) is 0 Å². The number of rotatable bonds is 3. The first-order valence-corrected chi connectivity index (χ1v) is 3.83. The van der Waals surface area contributed by atoms with Crippen LogP contribution in [0, 0.1) is 0 Å². The van der Waals surface area contributed by atoms with Crippen LogP contribution >= 0.6 is 12.4 Å². The highest BCUT2D eigenvalue weighted by Gasteiger charge is 2.10. The van der Waals surface area contributed by atoms with Crippen molar-refractivity contribution in [2.75, 3.05) is 5.73 Å². The number of halogens is 1. The maximum Gasteiger partial charge on any atom is 0.307 e. The van der Waals surface area contributed by atoms with Crippen molar-refractivity contribution in [3.63, 3.8) is 0 Å². The van der Waals surface area contributed by atoms with Gasteiger partial charge in [-0.2, -0.15) is 0 Å². The Morgan fingerprint density at radius 3 is 2.53 bits per heavy atom. The van der Waals surface area contributed by atoms with Crippen LogP contribution in [0.3, 0.4) is 0 Å². The Bertz CT molecular complexity index is 392. The maximum absolute atomic E-state index is 10.4. The quantitative estimate of drug-likeness (QED) is 0.407. The minimum Gasteiger partial charge on any atom is -0.505 e. The van der Waals surface area contributed by atoms with E-state index in [2.05, 4.69) is 0 Å². The SMILES string of the molecule is Cl.Nc1cc(C=O)cc(CC(=O)O)c1O. The topological polar surface area (TPSA) is 101 Å². The van der Waals surface area contributed by atoms with E-state index in [0.717, 1.165) is 0 Å². The van der Waals surface area contributed by atoms with Gasteiger partial charge in [-0.1, -0.05) is 0 Å². The molecule has 1 rings (SSSR count). The average molecular weight is 232 g/mol. The van der Waals surface area contributed by atoms with Crippen molar-refractivity contribution in [3.05, 3.63) is 23.3 Å². The van der Waals surface area contributed by atoms with Crippen LogP contribution in [0.5, 0.6) is 5.75 Å². The van der Waals surface area contributed by atoms with Crippen molar-refractivity contribution in [3.8, 4) is 5.75 Å². The first-order valence-electron chi connectivity index (χ1n) is 3.83. The Hall–Kier alpha value is -1.75. The summed E-state index contributed by atoms with van der Waals surface area (Å²) >= 11 is 0. The molecule has 0 saturated heterocycles. The van der Waals surface area contributed by atoms with Crippen molar-refractivity contribution in [2.45, 2.75) is 6.42 Å². The zero-order valence-corrected chi connectivity index (χ0v) is 8.45. The molecule has 5 nitrogen and oxygen atoms in total. The van der Waals surface area contributed by atoms with Crippen LogP contribution in [0.15, 0.2) is 12.1 Å². The predicted molar refractivity (Wildman–Crippen MR) is 56.5 cm³/mol. The van der Waals surface area contributed by atoms with Gasteiger partial charge < -0.3 is 15.9 Å². The van der Waals surface area contributed by atoms with Crippen molar-refractivity contribution in [2.24, 2.45) is 0 Å². The van der Waals surface area contributed by atoms with Gasteiger partial charge >= 0.3 is 5.97 Å². The summed E-state index contributed by atoms with van der Waals surface area (Å²) in [6, 6.07) is 2.58. The van der Waals surface area contributed by atoms with Gasteiger partial charge in [-0.25, -0.2) is 0 Å². The number of phenolic OH excluding ortho intramolecular Hbond substituents is 1. The summed E-state index contributed by atoms with van der Waals surface area (Å²) in [5.41, 5.74) is 5.76. The minimum absolute atomic E-state index is 0. The number of hydrogen-bond acceptors (Lipinski definition) is 4. The molecule has 0 atom stereocenters. The van der Waals surface area contributed by atoms with Crippen LogP contribution in [0.4, 0.5) is 5.69 Å². The summed E-state index contributed by atoms with van der Waals surface area (Å²) in [6.45, 7) is 0. The Morgan fingerprint density at radius 1 is 1.47 bits per heavy atom. The van der Waals surface area contributed by atoms with E-state index in [-0.39, 0.29) is 41.4 Å². The van der Waals surface area contributed by atoms with Crippen LogP contribution in [-0.4, -0.2) is 22.5 Å². The van der Waals surface area contributed by atoms with Crippen LogP contribution in [0.2, 0.25) is 0 Å². The summed E-state index contributed by atoms with van der Waals surface area (Å²) in [4.78, 5) is 20.8. The van der Waals surface area contributed by atoms with E-state index in [4.69, 9.17) is 10.8 Å². The number of aromatic hydroxyl groups is 1. The number of nitrogen functional groups attached to an aromatic ring is 1. The van der Waals surface area contributed by atoms with Gasteiger partial charge in [0.25, 0.3) is 0 Å². The number of carboxylic acids is 1. The lowest BCUT2D eigenvalue weighted by molar-refractivity contribution is -0.136. The summed E-state index contributed by atoms with van der Waals surface area (Å²) < 4.78 is 0. The standard InChI is InChI=1S/C9H9NO4.ClH/c10-7-2-5(4-11)1-6(9(7)14)3-8(12)13;/h1-2,4,14H,3,10H2,(H,12,13);1H. The number of aliphatic carboxylic acids is 1. The normalized spacial score (nSPS) is 9.07. The lowest BCUT2D eigenvalue weighted by Crippen LogP contribution is -2.02. The highest BCUT2D eigenvalue weighted by molar-refractivity contribution is 5.85. The predicted octanol–water partition coefficient (Wildman–Crippen LogP) is 0.836. The van der Waals surface area contributed by atoms with Gasteiger partial charge in [0.1, 0.15) is 12.0 Å². The molecular weight excluding hydrogens is 222 g/mol. The number of carbonyl (C=O) groups excluding carboxylic acids is 1. The molecule has 0 aliphatic carbocycles. The fraction of sp³-hybridized carbons (Fsp3) is 0.111. The van der Waals surface area contributed by atoms with E-state index < -0.39 is 5.97 Å². The number of phenols is 1. The largest absolute Gasteiger partial charge is 0.505 e. The zero-order valence-electron chi connectivity index (χ0n) is 7.64. The van der Waals surface area contributed by atoms with Crippen molar-refractivity contribution in [1.29, 1.82) is 0 Å². The lowest BCUT2D eigenvalue weighted by Gasteiger charge is -2.05. The number of benzene rings is 1. The number of nitrogens with two attached hydrogens (primary N) is 1. The van der Waals surface area contributed by atoms with E-state index in [1.54, 1.807) is 0 Å². The second kappa shape index (κ2) is 5.21. The van der Waals surface area contributed by atoms with Crippen LogP contribution in [0.25, 0.3) is 0 Å². The Balaban J connectivity index is 0.00000196. The van der Waals surface area contributed by atoms with E-state index in [1.807, 2.05) is 0 Å². The molecule has 0 saturated carbocycles. The molecule has 0 fully saturated rings. The minimum atomic E-state index is -1.09. The fourth-order valence-electron chi connectivity index (χ4n) is 1.11. The number of aldehydes is 1. The summed E-state index contributed by atoms with van der Waals surface area (Å²) in [6.07, 6.45) is 0.179. The van der Waals surface area contributed by atoms with Crippen LogP contribution < -0.4 is 5.73 Å². The molecule has 1 aromatic carbocycles. The third-order valence-electron chi connectivity index (χ3n) is 1.72. The fourth-order valence-corrected chi connectivity index (χ4v) is 1.11. The summed E-state index contributed by atoms with van der Waals surface area (Å²) in [7, 11) is 0. The van der Waals surface area contributed by atoms with Gasteiger partial charge in [0, 0.05) is 11.1 Å². The second-order valence-corrected chi connectivity index (χ2v) is 2.81. The van der Waals surface area contributed by atoms with Crippen LogP contribution in [-0.2, 0) is 11.2 Å². The molecule has 82 valence electrons. The highest BCUT2D eigenvalue weighted by Crippen LogP contribution is 2.26. The second-order valence-electron chi connectivity index (χ2n) is 2.81. The van der Waals surface area contributed by atoms with Gasteiger partial charge in [0.2, 0.25) is 0 Å². The Labute approximate surface area is 91.9 Å². The molecule has 0 spiro atoms. The summed E-state index contributed by atoms with van der Waals surface area (Å²) in [5.74, 6) is -1.37. The van der Waals surface area contributed by atoms with Gasteiger partial charge in [-0.05, 0) is 12.1 Å². The Morgan fingerprint density at radius 2 is 2.07 bits per heavy atom. The van der Waals surface area contributed by atoms with E-state index >= 15 is 0 Å². The van der Waals surface area contributed by atoms with E-state index in [1.165, 1.54) is 12.1 Å². The first kappa shape index (κ1) is 13.2. The highest BCUT2D eigenvalue weighted by atomic mass is 35.5. The molecule has 0 aliphatic heterocycles. The van der Waals surface area contributed by atoms with Gasteiger partial charge in [-0.3, -0.25) is 9.59 Å². The first-order chi connectivity index (χ1) is 6.54. The molecule has 15 heavy (non-hydrogen) atoms. The molecule has 6 heteroatoms. The number of hydrogen-bond donors (Lipinski definition) is 3. The molecule has 0 aromatic heterocycles. The number of anilines is 1. The van der Waals surface area contributed by atoms with Crippen molar-refractivity contribution < 1.29 is 19.8 Å². The third kappa shape index (κ3) is 3.14. The maximum atomic E-state index is 10.4. The zero-order chi connectivity index (χ0) is 10.7. The summed E-state index contributed by atoms with van der Waals surface area (Å²) in [5, 5.41) is 17.9. The van der Waals surface area contributed by atoms with Crippen molar-refractivity contribution in [1.82, 2.24) is 0 Å². The average Bonchev–Trinajstić information content (AvgIpc) is 2.11. The molecule has 0 heterocycles. The van der Waals surface area contributed by atoms with E-state index in [9.17, 15) is 14.7 Å². The Kier molecular flexibility index (Phi) is 4.60. The molecule has 0 unspecified atom stereocenters. The smallest absolute Gasteiger partial charge is 0.307 e.